The van der Waals surface area contributed by atoms with Crippen LogP contribution in [0.3, 0.4) is 0 Å². The lowest BCUT2D eigenvalue weighted by Crippen LogP contribution is -2.20. The standard InChI is InChI=1S/C16H12BrClFN5S/c17-11-3-6-14(13(18)7-11)21-16(25)22-15-20-9-24(23-15)8-10-1-4-12(19)5-2-10/h1-7,9H,8H2,(H2,21,22,23,25). The molecule has 0 spiro atoms. The number of nitrogens with one attached hydrogen (secondary N) is 2. The van der Waals surface area contributed by atoms with Gasteiger partial charge >= 0.3 is 0 Å². The Bertz CT molecular complexity index is 900. The van der Waals surface area contributed by atoms with Crippen LogP contribution >= 0.6 is 39.7 Å². The van der Waals surface area contributed by atoms with E-state index in [-0.39, 0.29) is 5.82 Å². The summed E-state index contributed by atoms with van der Waals surface area (Å²) >= 11 is 14.7. The quantitative estimate of drug-likeness (QED) is 0.577. The normalized spacial score (nSPS) is 10.5. The highest BCUT2D eigenvalue weighted by Gasteiger charge is 2.07. The maximum Gasteiger partial charge on any atom is 0.248 e. The molecule has 2 aromatic carbocycles. The Morgan fingerprint density at radius 3 is 2.68 bits per heavy atom. The van der Waals surface area contributed by atoms with Gasteiger partial charge in [-0.3, -0.25) is 5.32 Å². The van der Waals surface area contributed by atoms with Crippen molar-refractivity contribution in [3.63, 3.8) is 0 Å². The topological polar surface area (TPSA) is 54.8 Å². The smallest absolute Gasteiger partial charge is 0.248 e. The lowest BCUT2D eigenvalue weighted by atomic mass is 10.2. The van der Waals surface area contributed by atoms with Crippen molar-refractivity contribution in [1.29, 1.82) is 0 Å². The van der Waals surface area contributed by atoms with Crippen molar-refractivity contribution in [2.75, 3.05) is 10.6 Å². The van der Waals surface area contributed by atoms with E-state index in [0.29, 0.717) is 28.3 Å². The van der Waals surface area contributed by atoms with E-state index in [9.17, 15) is 4.39 Å². The van der Waals surface area contributed by atoms with Crippen LogP contribution in [0.25, 0.3) is 0 Å². The van der Waals surface area contributed by atoms with Crippen molar-refractivity contribution in [1.82, 2.24) is 14.8 Å². The van der Waals surface area contributed by atoms with E-state index in [1.165, 1.54) is 12.1 Å². The van der Waals surface area contributed by atoms with Gasteiger partial charge in [0.05, 0.1) is 17.3 Å². The van der Waals surface area contributed by atoms with E-state index in [1.54, 1.807) is 35.3 Å². The van der Waals surface area contributed by atoms with Crippen molar-refractivity contribution in [2.45, 2.75) is 6.54 Å². The molecule has 25 heavy (non-hydrogen) atoms. The number of hydrogen-bond acceptors (Lipinski definition) is 3. The molecule has 0 fully saturated rings. The Balaban J connectivity index is 1.60. The van der Waals surface area contributed by atoms with Gasteiger partial charge in [0.15, 0.2) is 5.11 Å². The summed E-state index contributed by atoms with van der Waals surface area (Å²) in [5.41, 5.74) is 1.59. The fourth-order valence-corrected chi connectivity index (χ4v) is 2.97. The third-order valence-electron chi connectivity index (χ3n) is 3.20. The number of halogens is 3. The molecule has 128 valence electrons. The Kier molecular flexibility index (Phi) is 5.62. The molecule has 0 unspecified atom stereocenters. The zero-order valence-corrected chi connectivity index (χ0v) is 15.9. The second-order valence-electron chi connectivity index (χ2n) is 5.10. The summed E-state index contributed by atoms with van der Waals surface area (Å²) in [5.74, 6) is 0.0839. The van der Waals surface area contributed by atoms with Gasteiger partial charge in [0.25, 0.3) is 0 Å². The van der Waals surface area contributed by atoms with E-state index in [1.807, 2.05) is 6.07 Å². The fourth-order valence-electron chi connectivity index (χ4n) is 2.05. The van der Waals surface area contributed by atoms with E-state index in [0.717, 1.165) is 10.0 Å². The highest BCUT2D eigenvalue weighted by atomic mass is 79.9. The van der Waals surface area contributed by atoms with Crippen LogP contribution in [0.5, 0.6) is 0 Å². The van der Waals surface area contributed by atoms with Crippen LogP contribution in [0.15, 0.2) is 53.3 Å². The average Bonchev–Trinajstić information content (AvgIpc) is 2.99. The molecule has 0 saturated heterocycles. The van der Waals surface area contributed by atoms with Gasteiger partial charge in [0.2, 0.25) is 5.95 Å². The molecule has 0 saturated carbocycles. The van der Waals surface area contributed by atoms with Gasteiger partial charge in [-0.2, -0.15) is 0 Å². The lowest BCUT2D eigenvalue weighted by Gasteiger charge is -2.09. The van der Waals surface area contributed by atoms with Crippen molar-refractivity contribution < 1.29 is 4.39 Å². The molecule has 0 aliphatic rings. The molecule has 0 radical (unpaired) electrons. The number of benzene rings is 2. The summed E-state index contributed by atoms with van der Waals surface area (Å²) in [4.78, 5) is 4.15. The summed E-state index contributed by atoms with van der Waals surface area (Å²) in [7, 11) is 0. The van der Waals surface area contributed by atoms with Crippen LogP contribution in [0.4, 0.5) is 16.0 Å². The lowest BCUT2D eigenvalue weighted by molar-refractivity contribution is 0.624. The zero-order valence-electron chi connectivity index (χ0n) is 12.7. The SMILES string of the molecule is Fc1ccc(Cn2cnc(NC(=S)Nc3ccc(Br)cc3Cl)n2)cc1. The molecular weight excluding hydrogens is 429 g/mol. The first kappa shape index (κ1) is 17.8. The molecule has 0 aliphatic heterocycles. The first-order chi connectivity index (χ1) is 12.0. The van der Waals surface area contributed by atoms with E-state index >= 15 is 0 Å². The molecule has 1 heterocycles. The average molecular weight is 441 g/mol. The minimum Gasteiger partial charge on any atom is -0.331 e. The molecule has 9 heteroatoms. The van der Waals surface area contributed by atoms with Crippen molar-refractivity contribution in [3.8, 4) is 0 Å². The number of nitrogens with zero attached hydrogens (tertiary/aromatic N) is 3. The van der Waals surface area contributed by atoms with Crippen LogP contribution in [0.1, 0.15) is 5.56 Å². The Hall–Kier alpha value is -2.03. The second-order valence-corrected chi connectivity index (χ2v) is 6.83. The molecule has 0 atom stereocenters. The van der Waals surface area contributed by atoms with Gasteiger partial charge in [-0.05, 0) is 48.1 Å². The third kappa shape index (κ3) is 4.97. The first-order valence-corrected chi connectivity index (χ1v) is 8.74. The van der Waals surface area contributed by atoms with Gasteiger partial charge in [0, 0.05) is 4.47 Å². The van der Waals surface area contributed by atoms with Crippen LogP contribution in [-0.2, 0) is 6.54 Å². The molecule has 1 aromatic heterocycles. The van der Waals surface area contributed by atoms with Gasteiger partial charge in [-0.25, -0.2) is 14.1 Å². The number of aromatic nitrogens is 3. The summed E-state index contributed by atoms with van der Waals surface area (Å²) in [5, 5.41) is 11.0. The molecule has 2 N–H and O–H groups in total. The monoisotopic (exact) mass is 439 g/mol. The van der Waals surface area contributed by atoms with Crippen LogP contribution in [0, 0.1) is 5.82 Å². The zero-order chi connectivity index (χ0) is 17.8. The van der Waals surface area contributed by atoms with Crippen LogP contribution in [0.2, 0.25) is 5.02 Å². The third-order valence-corrected chi connectivity index (χ3v) is 4.21. The maximum absolute atomic E-state index is 12.9. The second kappa shape index (κ2) is 7.90. The molecular formula is C16H12BrClFN5S. The summed E-state index contributed by atoms with van der Waals surface area (Å²) in [6, 6.07) is 11.6. The maximum atomic E-state index is 12.9. The molecule has 0 amide bonds. The number of rotatable bonds is 4. The molecule has 0 bridgehead atoms. The van der Waals surface area contributed by atoms with Gasteiger partial charge in [-0.15, -0.1) is 5.10 Å². The predicted molar refractivity (Wildman–Crippen MR) is 105 cm³/mol. The molecule has 5 nitrogen and oxygen atoms in total. The van der Waals surface area contributed by atoms with Gasteiger partial charge < -0.3 is 5.32 Å². The van der Waals surface area contributed by atoms with Gasteiger partial charge in [0.1, 0.15) is 12.1 Å². The Morgan fingerprint density at radius 2 is 1.96 bits per heavy atom. The van der Waals surface area contributed by atoms with E-state index in [2.05, 4.69) is 36.6 Å². The summed E-state index contributed by atoms with van der Waals surface area (Å²) < 4.78 is 15.4. The largest absolute Gasteiger partial charge is 0.331 e. The van der Waals surface area contributed by atoms with Crippen molar-refractivity contribution in [2.24, 2.45) is 0 Å². The fraction of sp³-hybridized carbons (Fsp3) is 0.0625. The molecule has 3 aromatic rings. The highest BCUT2D eigenvalue weighted by molar-refractivity contribution is 9.10. The summed E-state index contributed by atoms with van der Waals surface area (Å²) in [6.45, 7) is 0.480. The van der Waals surface area contributed by atoms with Crippen molar-refractivity contribution >= 4 is 56.5 Å². The number of hydrogen-bond donors (Lipinski definition) is 2. The van der Waals surface area contributed by atoms with E-state index in [4.69, 9.17) is 23.8 Å². The molecule has 0 aliphatic carbocycles. The van der Waals surface area contributed by atoms with Gasteiger partial charge in [-0.1, -0.05) is 39.7 Å². The molecule has 3 rings (SSSR count). The number of anilines is 2. The Morgan fingerprint density at radius 1 is 1.20 bits per heavy atom. The highest BCUT2D eigenvalue weighted by Crippen LogP contribution is 2.25. The minimum atomic E-state index is -0.271. The van der Waals surface area contributed by atoms with E-state index < -0.39 is 0 Å². The predicted octanol–water partition coefficient (Wildman–Crippen LogP) is 4.69. The van der Waals surface area contributed by atoms with Crippen molar-refractivity contribution in [3.05, 3.63) is 69.7 Å². The first-order valence-electron chi connectivity index (χ1n) is 7.16. The number of thiocarbonyl (C=S) groups is 1. The summed E-state index contributed by atoms with van der Waals surface area (Å²) in [6.07, 6.45) is 1.57. The van der Waals surface area contributed by atoms with Crippen LogP contribution < -0.4 is 10.6 Å². The van der Waals surface area contributed by atoms with Crippen LogP contribution in [-0.4, -0.2) is 19.9 Å². The minimum absolute atomic E-state index is 0.271. The Labute approximate surface area is 162 Å².